The Balaban J connectivity index is 2.36. The molecule has 6 heteroatoms. The molecular weight excluding hydrogens is 376 g/mol. The van der Waals surface area contributed by atoms with Crippen LogP contribution in [-0.2, 0) is 16.6 Å². The number of aryl methyl sites for hydroxylation is 1. The first kappa shape index (κ1) is 18.1. The molecule has 0 saturated carbocycles. The van der Waals surface area contributed by atoms with E-state index < -0.39 is 10.0 Å². The maximum Gasteiger partial charge on any atom is 0.244 e. The highest BCUT2D eigenvalue weighted by atomic mass is 79.9. The second kappa shape index (κ2) is 8.06. The minimum absolute atomic E-state index is 0.288. The highest BCUT2D eigenvalue weighted by molar-refractivity contribution is 9.10. The number of nitrogens with two attached hydrogens (primary N) is 1. The molecule has 0 fully saturated rings. The van der Waals surface area contributed by atoms with Crippen LogP contribution in [0.2, 0.25) is 0 Å². The van der Waals surface area contributed by atoms with Gasteiger partial charge in [-0.25, -0.2) is 8.42 Å². The molecule has 0 radical (unpaired) electrons. The Bertz CT molecular complexity index is 748. The summed E-state index contributed by atoms with van der Waals surface area (Å²) >= 11 is 3.37. The summed E-state index contributed by atoms with van der Waals surface area (Å²) in [6.07, 6.45) is 0.621. The predicted molar refractivity (Wildman–Crippen MR) is 96.6 cm³/mol. The molecule has 0 unspecified atom stereocenters. The van der Waals surface area contributed by atoms with Crippen LogP contribution in [0.3, 0.4) is 0 Å². The van der Waals surface area contributed by atoms with Gasteiger partial charge in [-0.1, -0.05) is 36.4 Å². The maximum absolute atomic E-state index is 13.0. The summed E-state index contributed by atoms with van der Waals surface area (Å²) in [4.78, 5) is 0.288. The molecule has 0 spiro atoms. The number of hydrogen-bond acceptors (Lipinski definition) is 3. The Morgan fingerprint density at radius 2 is 1.83 bits per heavy atom. The Hall–Kier alpha value is -1.21. The maximum atomic E-state index is 13.0. The molecule has 0 bridgehead atoms. The van der Waals surface area contributed by atoms with Crippen molar-refractivity contribution >= 4 is 26.0 Å². The smallest absolute Gasteiger partial charge is 0.244 e. The minimum Gasteiger partial charge on any atom is -0.330 e. The van der Waals surface area contributed by atoms with E-state index >= 15 is 0 Å². The fourth-order valence-electron chi connectivity index (χ4n) is 2.29. The lowest BCUT2D eigenvalue weighted by Crippen LogP contribution is -2.32. The summed E-state index contributed by atoms with van der Waals surface area (Å²) in [5.74, 6) is 0. The first-order valence-corrected chi connectivity index (χ1v) is 9.69. The van der Waals surface area contributed by atoms with Crippen molar-refractivity contribution in [2.75, 3.05) is 13.1 Å². The van der Waals surface area contributed by atoms with E-state index in [1.165, 1.54) is 4.31 Å². The largest absolute Gasteiger partial charge is 0.330 e. The lowest BCUT2D eigenvalue weighted by Gasteiger charge is -2.23. The van der Waals surface area contributed by atoms with E-state index in [4.69, 9.17) is 5.73 Å². The van der Waals surface area contributed by atoms with Crippen molar-refractivity contribution in [3.63, 3.8) is 0 Å². The van der Waals surface area contributed by atoms with Crippen LogP contribution < -0.4 is 5.73 Å². The summed E-state index contributed by atoms with van der Waals surface area (Å²) in [5, 5.41) is 0. The third kappa shape index (κ3) is 4.64. The highest BCUT2D eigenvalue weighted by Crippen LogP contribution is 2.27. The summed E-state index contributed by atoms with van der Waals surface area (Å²) < 4.78 is 28.1. The van der Waals surface area contributed by atoms with Gasteiger partial charge in [0.05, 0.1) is 4.90 Å². The molecule has 0 amide bonds. The molecule has 2 aromatic rings. The van der Waals surface area contributed by atoms with Crippen LogP contribution in [-0.4, -0.2) is 25.8 Å². The number of nitrogens with zero attached hydrogens (tertiary/aromatic N) is 1. The fraction of sp³-hybridized carbons (Fsp3) is 0.294. The van der Waals surface area contributed by atoms with Crippen molar-refractivity contribution in [3.05, 3.63) is 64.1 Å². The van der Waals surface area contributed by atoms with Gasteiger partial charge in [-0.2, -0.15) is 4.31 Å². The van der Waals surface area contributed by atoms with E-state index in [2.05, 4.69) is 15.9 Å². The fourth-order valence-corrected chi connectivity index (χ4v) is 4.91. The zero-order valence-corrected chi connectivity index (χ0v) is 15.5. The number of hydrogen-bond donors (Lipinski definition) is 1. The van der Waals surface area contributed by atoms with Gasteiger partial charge < -0.3 is 5.73 Å². The van der Waals surface area contributed by atoms with Crippen LogP contribution in [0.4, 0.5) is 0 Å². The van der Waals surface area contributed by atoms with Crippen molar-refractivity contribution in [1.82, 2.24) is 4.31 Å². The topological polar surface area (TPSA) is 63.4 Å². The van der Waals surface area contributed by atoms with Crippen LogP contribution >= 0.6 is 15.9 Å². The molecule has 2 aromatic carbocycles. The zero-order valence-electron chi connectivity index (χ0n) is 13.1. The predicted octanol–water partition coefficient (Wildman–Crippen LogP) is 3.30. The molecule has 0 aliphatic carbocycles. The minimum atomic E-state index is -3.59. The molecule has 4 nitrogen and oxygen atoms in total. The van der Waals surface area contributed by atoms with Crippen LogP contribution in [0.5, 0.6) is 0 Å². The van der Waals surface area contributed by atoms with E-state index in [9.17, 15) is 8.42 Å². The van der Waals surface area contributed by atoms with Gasteiger partial charge >= 0.3 is 0 Å². The standard InChI is InChI=1S/C17H21BrN2O2S/c1-14-8-9-17(16(18)12-14)23(21,22)20(11-5-10-19)13-15-6-3-2-4-7-15/h2-4,6-9,12H,5,10-11,13,19H2,1H3. The lowest BCUT2D eigenvalue weighted by molar-refractivity contribution is 0.401. The van der Waals surface area contributed by atoms with Gasteiger partial charge in [0, 0.05) is 17.6 Å². The van der Waals surface area contributed by atoms with Gasteiger partial charge in [0.15, 0.2) is 0 Å². The Labute approximate surface area is 146 Å². The monoisotopic (exact) mass is 396 g/mol. The number of benzene rings is 2. The van der Waals surface area contributed by atoms with Crippen molar-refractivity contribution in [3.8, 4) is 0 Å². The average molecular weight is 397 g/mol. The molecule has 124 valence electrons. The molecule has 2 N–H and O–H groups in total. The summed E-state index contributed by atoms with van der Waals surface area (Å²) in [6.45, 7) is 3.12. The van der Waals surface area contributed by atoms with Gasteiger partial charge in [0.2, 0.25) is 10.0 Å². The van der Waals surface area contributed by atoms with Crippen LogP contribution in [0.15, 0.2) is 57.9 Å². The molecule has 0 heterocycles. The second-order valence-electron chi connectivity index (χ2n) is 5.40. The first-order chi connectivity index (χ1) is 10.9. The van der Waals surface area contributed by atoms with Gasteiger partial charge in [-0.15, -0.1) is 0 Å². The van der Waals surface area contributed by atoms with E-state index in [0.717, 1.165) is 11.1 Å². The molecule has 0 atom stereocenters. The Morgan fingerprint density at radius 1 is 1.13 bits per heavy atom. The summed E-state index contributed by atoms with van der Waals surface area (Å²) in [5.41, 5.74) is 7.53. The molecule has 23 heavy (non-hydrogen) atoms. The molecule has 0 aromatic heterocycles. The van der Waals surface area contributed by atoms with Gasteiger partial charge in [0.25, 0.3) is 0 Å². The third-order valence-corrected chi connectivity index (χ3v) is 6.34. The molecule has 0 aliphatic heterocycles. The molecule has 0 saturated heterocycles. The van der Waals surface area contributed by atoms with E-state index in [0.29, 0.717) is 30.5 Å². The van der Waals surface area contributed by atoms with Crippen molar-refractivity contribution < 1.29 is 8.42 Å². The van der Waals surface area contributed by atoms with E-state index in [-0.39, 0.29) is 4.90 Å². The average Bonchev–Trinajstić information content (AvgIpc) is 2.52. The number of halogens is 1. The number of rotatable bonds is 7. The van der Waals surface area contributed by atoms with Crippen molar-refractivity contribution in [1.29, 1.82) is 0 Å². The highest BCUT2D eigenvalue weighted by Gasteiger charge is 2.26. The van der Waals surface area contributed by atoms with Crippen molar-refractivity contribution in [2.45, 2.75) is 24.8 Å². The second-order valence-corrected chi connectivity index (χ2v) is 8.16. The first-order valence-electron chi connectivity index (χ1n) is 7.45. The van der Waals surface area contributed by atoms with Gasteiger partial charge in [-0.05, 0) is 59.1 Å². The Kier molecular flexibility index (Phi) is 6.35. The van der Waals surface area contributed by atoms with Crippen LogP contribution in [0.25, 0.3) is 0 Å². The van der Waals surface area contributed by atoms with Crippen molar-refractivity contribution in [2.24, 2.45) is 5.73 Å². The third-order valence-electron chi connectivity index (χ3n) is 3.52. The quantitative estimate of drug-likeness (QED) is 0.780. The van der Waals surface area contributed by atoms with E-state index in [1.807, 2.05) is 43.3 Å². The lowest BCUT2D eigenvalue weighted by atomic mass is 10.2. The number of sulfonamides is 1. The SMILES string of the molecule is Cc1ccc(S(=O)(=O)N(CCCN)Cc2ccccc2)c(Br)c1. The van der Waals surface area contributed by atoms with Gasteiger partial charge in [0.1, 0.15) is 0 Å². The van der Waals surface area contributed by atoms with Crippen LogP contribution in [0.1, 0.15) is 17.5 Å². The zero-order chi connectivity index (χ0) is 16.9. The molecule has 2 rings (SSSR count). The molecule has 0 aliphatic rings. The van der Waals surface area contributed by atoms with Gasteiger partial charge in [-0.3, -0.25) is 0 Å². The summed E-state index contributed by atoms with van der Waals surface area (Å²) in [6, 6.07) is 14.9. The molecular formula is C17H21BrN2O2S. The Morgan fingerprint density at radius 3 is 2.43 bits per heavy atom. The normalized spacial score (nSPS) is 11.8. The van der Waals surface area contributed by atoms with Crippen LogP contribution in [0, 0.1) is 6.92 Å². The summed E-state index contributed by atoms with van der Waals surface area (Å²) in [7, 11) is -3.59. The van der Waals surface area contributed by atoms with E-state index in [1.54, 1.807) is 12.1 Å².